The first-order valence-electron chi connectivity index (χ1n) is 12.2. The largest absolute Gasteiger partial charge is 1.00 e. The van der Waals surface area contributed by atoms with Crippen molar-refractivity contribution in [2.24, 2.45) is 5.16 Å². The molecule has 2 aliphatic rings. The van der Waals surface area contributed by atoms with Crippen LogP contribution in [0.1, 0.15) is 26.5 Å². The third-order valence-electron chi connectivity index (χ3n) is 6.54. The second-order valence-corrected chi connectivity index (χ2v) is 11.8. The molecule has 0 spiro atoms. The average Bonchev–Trinajstić information content (AvgIpc) is 3.56. The van der Waals surface area contributed by atoms with E-state index in [1.165, 1.54) is 31.0 Å². The van der Waals surface area contributed by atoms with Crippen LogP contribution in [-0.2, 0) is 30.6 Å². The molecule has 1 fully saturated rings. The van der Waals surface area contributed by atoms with Crippen LogP contribution in [0.4, 0.5) is 5.13 Å². The van der Waals surface area contributed by atoms with Crippen LogP contribution in [0.3, 0.4) is 0 Å². The van der Waals surface area contributed by atoms with Crippen LogP contribution in [0, 0.1) is 11.3 Å². The van der Waals surface area contributed by atoms with Gasteiger partial charge >= 0.3 is 41.5 Å². The van der Waals surface area contributed by atoms with Gasteiger partial charge in [-0.3, -0.25) is 14.5 Å². The van der Waals surface area contributed by atoms with E-state index in [0.29, 0.717) is 11.1 Å². The quantitative estimate of drug-likeness (QED) is 0.0623. The number of aromatic nitrogens is 3. The minimum atomic E-state index is -1.77. The van der Waals surface area contributed by atoms with Crippen molar-refractivity contribution in [3.8, 4) is 6.07 Å². The maximum Gasteiger partial charge on any atom is 1.00 e. The standard InChI is InChI=1S/C25H22N8O7S2.Na.H/c1-25(2,23(38)39)40-30-16(14-11-42-24(27)28-14)19(34)29-17-20(35)33-18(22(36)37)13(10-41-21(17)33)9-32-6-5-31-8-12(7-26)3-4-15(31)32;;/h3-6,8,11,17,21H,9-10H2,1-2H3,(H4-,27,28,29,34,36,37,38,39);;/q;+1;-1/p+1/b30-16-;;/t17-,21-;;/m1../s1. The molecular formula is C25H24N8NaO7S2+. The number of thioether (sulfide) groups is 1. The summed E-state index contributed by atoms with van der Waals surface area (Å²) in [6.07, 6.45) is 5.15. The molecule has 18 heteroatoms. The molecule has 0 aromatic carbocycles. The Bertz CT molecular complexity index is 1770. The Labute approximate surface area is 275 Å². The van der Waals surface area contributed by atoms with Crippen LogP contribution in [0.15, 0.2) is 52.5 Å². The van der Waals surface area contributed by atoms with Gasteiger partial charge in [0.15, 0.2) is 10.8 Å². The van der Waals surface area contributed by atoms with Gasteiger partial charge in [-0.25, -0.2) is 23.5 Å². The van der Waals surface area contributed by atoms with Gasteiger partial charge in [-0.05, 0) is 19.9 Å². The van der Waals surface area contributed by atoms with Gasteiger partial charge in [0.25, 0.3) is 17.5 Å². The number of β-lactam (4-membered cyclic amide) rings is 1. The van der Waals surface area contributed by atoms with Crippen molar-refractivity contribution in [1.29, 1.82) is 5.26 Å². The Balaban J connectivity index is 0.00000264. The molecular weight excluding hydrogens is 611 g/mol. The molecule has 218 valence electrons. The van der Waals surface area contributed by atoms with Crippen LogP contribution < -0.4 is 45.2 Å². The first-order chi connectivity index (χ1) is 19.9. The van der Waals surface area contributed by atoms with Gasteiger partial charge in [-0.2, -0.15) is 5.26 Å². The number of hydrogen-bond acceptors (Lipinski definition) is 11. The van der Waals surface area contributed by atoms with E-state index < -0.39 is 46.5 Å². The summed E-state index contributed by atoms with van der Waals surface area (Å²) in [4.78, 5) is 60.5. The Morgan fingerprint density at radius 1 is 1.37 bits per heavy atom. The summed E-state index contributed by atoms with van der Waals surface area (Å²) in [6.45, 7) is 2.67. The summed E-state index contributed by atoms with van der Waals surface area (Å²) in [7, 11) is 0. The Kier molecular flexibility index (Phi) is 9.18. The number of oxime groups is 1. The molecule has 0 radical (unpaired) electrons. The van der Waals surface area contributed by atoms with Crippen molar-refractivity contribution in [3.05, 3.63) is 58.6 Å². The van der Waals surface area contributed by atoms with Gasteiger partial charge in [-0.15, -0.1) is 23.1 Å². The van der Waals surface area contributed by atoms with Crippen LogP contribution in [0.25, 0.3) is 5.65 Å². The number of pyridine rings is 1. The van der Waals surface area contributed by atoms with E-state index in [4.69, 9.17) is 15.8 Å². The number of nitrogens with one attached hydrogen (secondary N) is 1. The number of nitrogen functional groups attached to an aromatic ring is 1. The minimum Gasteiger partial charge on any atom is -1.00 e. The molecule has 43 heavy (non-hydrogen) atoms. The van der Waals surface area contributed by atoms with Crippen molar-refractivity contribution in [1.82, 2.24) is 19.6 Å². The molecule has 1 saturated heterocycles. The molecule has 15 nitrogen and oxygen atoms in total. The van der Waals surface area contributed by atoms with Gasteiger partial charge < -0.3 is 27.5 Å². The number of anilines is 1. The summed E-state index contributed by atoms with van der Waals surface area (Å²) in [6, 6.07) is 4.38. The van der Waals surface area contributed by atoms with Gasteiger partial charge in [-0.1, -0.05) is 5.16 Å². The van der Waals surface area contributed by atoms with E-state index in [1.54, 1.807) is 35.1 Å². The van der Waals surface area contributed by atoms with E-state index in [0.717, 1.165) is 21.9 Å². The number of nitriles is 1. The first kappa shape index (κ1) is 32.0. The van der Waals surface area contributed by atoms with Crippen LogP contribution in [0.5, 0.6) is 0 Å². The van der Waals surface area contributed by atoms with Gasteiger partial charge in [0.05, 0.1) is 5.56 Å². The normalized spacial score (nSPS) is 18.3. The van der Waals surface area contributed by atoms with Crippen LogP contribution in [-0.4, -0.2) is 76.7 Å². The summed E-state index contributed by atoms with van der Waals surface area (Å²) < 4.78 is 3.56. The number of carbonyl (C=O) groups excluding carboxylic acids is 2. The number of aliphatic carboxylic acids is 2. The number of fused-ring (bicyclic) bond motifs is 2. The molecule has 5 N–H and O–H groups in total. The number of hydrogen-bond donors (Lipinski definition) is 4. The van der Waals surface area contributed by atoms with E-state index >= 15 is 0 Å². The third kappa shape index (κ3) is 6.10. The van der Waals surface area contributed by atoms with Crippen molar-refractivity contribution in [2.75, 3.05) is 11.5 Å². The summed E-state index contributed by atoms with van der Waals surface area (Å²) >= 11 is 2.31. The van der Waals surface area contributed by atoms with Crippen molar-refractivity contribution in [3.63, 3.8) is 0 Å². The van der Waals surface area contributed by atoms with Crippen LogP contribution in [0.2, 0.25) is 0 Å². The number of carboxylic acid groups (broad SMARTS) is 2. The second kappa shape index (κ2) is 12.3. The first-order valence-corrected chi connectivity index (χ1v) is 14.2. The Hall–Kier alpha value is -3.95. The fourth-order valence-corrected chi connectivity index (χ4v) is 6.20. The summed E-state index contributed by atoms with van der Waals surface area (Å²) in [5.41, 5.74) is 5.06. The fraction of sp³-hybridized carbons (Fsp3) is 0.280. The third-order valence-corrected chi connectivity index (χ3v) is 8.56. The van der Waals surface area contributed by atoms with Gasteiger partial charge in [0, 0.05) is 22.8 Å². The SMILES string of the molecule is CC(C)(O/N=C(\C(=O)N[C@@H]1C(=O)N2C(C(=O)O)=C(C[n+]3ccn4cc(C#N)ccc43)CS[C@H]12)c1csc(N)n1)C(=O)O.[H-].[Na+]. The molecule has 0 bridgehead atoms. The molecule has 5 rings (SSSR count). The van der Waals surface area contributed by atoms with E-state index in [1.807, 2.05) is 4.57 Å². The second-order valence-electron chi connectivity index (χ2n) is 9.76. The molecule has 2 atom stereocenters. The molecule has 2 amide bonds. The topological polar surface area (TPSA) is 217 Å². The predicted octanol–water partition coefficient (Wildman–Crippen LogP) is -2.72. The predicted molar refractivity (Wildman–Crippen MR) is 149 cm³/mol. The van der Waals surface area contributed by atoms with Crippen molar-refractivity contribution < 1.29 is 69.8 Å². The minimum absolute atomic E-state index is 0. The molecule has 0 saturated carbocycles. The molecule has 3 aromatic heterocycles. The van der Waals surface area contributed by atoms with Crippen LogP contribution >= 0.6 is 23.1 Å². The maximum absolute atomic E-state index is 13.2. The molecule has 5 heterocycles. The number of imidazole rings is 1. The number of carboxylic acids is 2. The smallest absolute Gasteiger partial charge is 1.00 e. The van der Waals surface area contributed by atoms with E-state index in [2.05, 4.69) is 21.5 Å². The van der Waals surface area contributed by atoms with Gasteiger partial charge in [0.1, 0.15) is 54.0 Å². The maximum atomic E-state index is 13.2. The monoisotopic (exact) mass is 635 g/mol. The molecule has 3 aromatic rings. The number of amides is 2. The van der Waals surface area contributed by atoms with E-state index in [-0.39, 0.29) is 59.8 Å². The number of nitrogens with two attached hydrogens (primary N) is 1. The zero-order valence-electron chi connectivity index (χ0n) is 24.0. The molecule has 0 aliphatic carbocycles. The summed E-state index contributed by atoms with van der Waals surface area (Å²) in [5, 5.41) is 35.6. The number of rotatable bonds is 9. The zero-order valence-corrected chi connectivity index (χ0v) is 26.7. The number of carbonyl (C=O) groups is 4. The Morgan fingerprint density at radius 3 is 2.74 bits per heavy atom. The van der Waals surface area contributed by atoms with Crippen molar-refractivity contribution >= 4 is 63.3 Å². The number of nitrogens with zero attached hydrogens (tertiary/aromatic N) is 6. The Morgan fingerprint density at radius 2 is 2.12 bits per heavy atom. The number of thiazole rings is 1. The average molecular weight is 636 g/mol. The van der Waals surface area contributed by atoms with E-state index in [9.17, 15) is 29.4 Å². The summed E-state index contributed by atoms with van der Waals surface area (Å²) in [5.74, 6) is -3.85. The molecule has 2 aliphatic heterocycles. The van der Waals surface area contributed by atoms with Crippen molar-refractivity contribution in [2.45, 2.75) is 37.4 Å². The zero-order chi connectivity index (χ0) is 30.3. The fourth-order valence-electron chi connectivity index (χ4n) is 4.32. The molecule has 0 unspecified atom stereocenters. The van der Waals surface area contributed by atoms with Gasteiger partial charge in [0.2, 0.25) is 5.60 Å².